The number of rotatable bonds is 13. The molecular formula is C25H32O3. The molecule has 0 bridgehead atoms. The number of unbranched alkanes of at least 4 members (excludes halogenated alkanes) is 6. The van der Waals surface area contributed by atoms with Crippen molar-refractivity contribution in [3.63, 3.8) is 0 Å². The van der Waals surface area contributed by atoms with Crippen molar-refractivity contribution in [1.29, 1.82) is 0 Å². The fourth-order valence-electron chi connectivity index (χ4n) is 3.23. The molecule has 0 atom stereocenters. The number of allylic oxidation sites excluding steroid dienone is 2. The van der Waals surface area contributed by atoms with Gasteiger partial charge in [0, 0.05) is 0 Å². The predicted molar refractivity (Wildman–Crippen MR) is 115 cm³/mol. The quantitative estimate of drug-likeness (QED) is 0.229. The van der Waals surface area contributed by atoms with Gasteiger partial charge in [0.1, 0.15) is 11.5 Å². The third-order valence-electron chi connectivity index (χ3n) is 4.87. The van der Waals surface area contributed by atoms with Gasteiger partial charge in [-0.05, 0) is 55.5 Å². The van der Waals surface area contributed by atoms with Gasteiger partial charge in [-0.1, -0.05) is 62.1 Å². The van der Waals surface area contributed by atoms with Crippen LogP contribution in [0.4, 0.5) is 0 Å². The largest absolute Gasteiger partial charge is 0.497 e. The topological polar surface area (TPSA) is 35.5 Å². The molecular weight excluding hydrogens is 348 g/mol. The molecule has 2 aromatic carbocycles. The molecule has 0 radical (unpaired) electrons. The molecule has 150 valence electrons. The molecule has 0 heterocycles. The Kier molecular flexibility index (Phi) is 9.92. The van der Waals surface area contributed by atoms with E-state index in [4.69, 9.17) is 9.47 Å². The summed E-state index contributed by atoms with van der Waals surface area (Å²) in [6.45, 7) is 0. The number of methoxy groups -OCH3 is 2. The highest BCUT2D eigenvalue weighted by atomic mass is 16.5. The molecule has 0 saturated heterocycles. The fourth-order valence-corrected chi connectivity index (χ4v) is 3.23. The second-order valence-corrected chi connectivity index (χ2v) is 6.98. The predicted octanol–water partition coefficient (Wildman–Crippen LogP) is 6.42. The van der Waals surface area contributed by atoms with Gasteiger partial charge < -0.3 is 9.47 Å². The zero-order valence-electron chi connectivity index (χ0n) is 17.2. The summed E-state index contributed by atoms with van der Waals surface area (Å²) in [5.74, 6) is 1.19. The normalized spacial score (nSPS) is 10.9. The molecule has 2 rings (SSSR count). The SMILES string of the molecule is COc1ccc(OC)c(C(=O)C=CCCCCCCCCc2ccccc2)c1. The van der Waals surface area contributed by atoms with Gasteiger partial charge in [0.25, 0.3) is 0 Å². The molecule has 28 heavy (non-hydrogen) atoms. The number of carbonyl (C=O) groups excluding carboxylic acids is 1. The standard InChI is InChI=1S/C25H32O3/c1-27-22-18-19-25(28-2)23(20-22)24(26)17-13-8-6-4-3-5-7-10-14-21-15-11-9-12-16-21/h9,11-13,15-20H,3-8,10,14H2,1-2H3. The summed E-state index contributed by atoms with van der Waals surface area (Å²) in [6.07, 6.45) is 13.2. The Morgan fingerprint density at radius 3 is 2.29 bits per heavy atom. The molecule has 2 aromatic rings. The van der Waals surface area contributed by atoms with Crippen molar-refractivity contribution < 1.29 is 14.3 Å². The number of ether oxygens (including phenoxy) is 2. The van der Waals surface area contributed by atoms with Crippen LogP contribution in [0.25, 0.3) is 0 Å². The molecule has 0 fully saturated rings. The van der Waals surface area contributed by atoms with E-state index in [0.29, 0.717) is 17.1 Å². The van der Waals surface area contributed by atoms with Gasteiger partial charge >= 0.3 is 0 Å². The van der Waals surface area contributed by atoms with Crippen LogP contribution in [0.15, 0.2) is 60.7 Å². The summed E-state index contributed by atoms with van der Waals surface area (Å²) in [6, 6.07) is 16.0. The van der Waals surface area contributed by atoms with Gasteiger partial charge in [-0.25, -0.2) is 0 Å². The van der Waals surface area contributed by atoms with E-state index in [1.54, 1.807) is 38.5 Å². The van der Waals surface area contributed by atoms with E-state index in [1.165, 1.54) is 44.1 Å². The van der Waals surface area contributed by atoms with E-state index in [2.05, 4.69) is 30.3 Å². The van der Waals surface area contributed by atoms with E-state index in [0.717, 1.165) is 12.8 Å². The maximum absolute atomic E-state index is 12.4. The third kappa shape index (κ3) is 7.59. The van der Waals surface area contributed by atoms with Crippen molar-refractivity contribution in [3.05, 3.63) is 71.8 Å². The van der Waals surface area contributed by atoms with Gasteiger partial charge in [0.05, 0.1) is 19.8 Å². The summed E-state index contributed by atoms with van der Waals surface area (Å²) in [5, 5.41) is 0. The maximum atomic E-state index is 12.4. The number of hydrogen-bond donors (Lipinski definition) is 0. The van der Waals surface area contributed by atoms with Gasteiger partial charge in [-0.2, -0.15) is 0 Å². The second kappa shape index (κ2) is 12.8. The number of benzene rings is 2. The zero-order valence-corrected chi connectivity index (χ0v) is 17.2. The van der Waals surface area contributed by atoms with Gasteiger partial charge in [-0.15, -0.1) is 0 Å². The minimum Gasteiger partial charge on any atom is -0.497 e. The molecule has 3 nitrogen and oxygen atoms in total. The van der Waals surface area contributed by atoms with Gasteiger partial charge in [-0.3, -0.25) is 4.79 Å². The van der Waals surface area contributed by atoms with Crippen molar-refractivity contribution in [3.8, 4) is 11.5 Å². The first-order chi connectivity index (χ1) is 13.7. The second-order valence-electron chi connectivity index (χ2n) is 6.98. The molecule has 0 aliphatic rings. The molecule has 0 amide bonds. The van der Waals surface area contributed by atoms with Crippen LogP contribution in [0.1, 0.15) is 60.9 Å². The Hall–Kier alpha value is -2.55. The Labute approximate surface area is 169 Å². The smallest absolute Gasteiger partial charge is 0.189 e. The lowest BCUT2D eigenvalue weighted by molar-refractivity contribution is 0.104. The summed E-state index contributed by atoms with van der Waals surface area (Å²) < 4.78 is 10.5. The first-order valence-corrected chi connectivity index (χ1v) is 10.2. The van der Waals surface area contributed by atoms with Crippen LogP contribution in [-0.4, -0.2) is 20.0 Å². The van der Waals surface area contributed by atoms with Crippen molar-refractivity contribution in [2.24, 2.45) is 0 Å². The van der Waals surface area contributed by atoms with Crippen LogP contribution in [-0.2, 0) is 6.42 Å². The van der Waals surface area contributed by atoms with E-state index in [-0.39, 0.29) is 5.78 Å². The lowest BCUT2D eigenvalue weighted by atomic mass is 10.0. The Morgan fingerprint density at radius 1 is 0.857 bits per heavy atom. The minimum atomic E-state index is -0.0448. The third-order valence-corrected chi connectivity index (χ3v) is 4.87. The molecule has 0 aliphatic heterocycles. The van der Waals surface area contributed by atoms with Crippen molar-refractivity contribution in [2.75, 3.05) is 14.2 Å². The van der Waals surface area contributed by atoms with Crippen LogP contribution >= 0.6 is 0 Å². The number of ketones is 1. The zero-order chi connectivity index (χ0) is 20.0. The molecule has 0 aliphatic carbocycles. The van der Waals surface area contributed by atoms with Crippen LogP contribution < -0.4 is 9.47 Å². The van der Waals surface area contributed by atoms with Crippen molar-refractivity contribution in [2.45, 2.75) is 51.4 Å². The lowest BCUT2D eigenvalue weighted by Crippen LogP contribution is -1.99. The van der Waals surface area contributed by atoms with Crippen LogP contribution in [0, 0.1) is 0 Å². The Morgan fingerprint density at radius 2 is 1.57 bits per heavy atom. The summed E-state index contributed by atoms with van der Waals surface area (Å²) in [4.78, 5) is 12.4. The van der Waals surface area contributed by atoms with E-state index in [9.17, 15) is 4.79 Å². The average Bonchev–Trinajstić information content (AvgIpc) is 2.75. The minimum absolute atomic E-state index is 0.0448. The van der Waals surface area contributed by atoms with Crippen molar-refractivity contribution in [1.82, 2.24) is 0 Å². The molecule has 3 heteroatoms. The number of carbonyl (C=O) groups is 1. The summed E-state index contributed by atoms with van der Waals surface area (Å²) in [5.41, 5.74) is 1.97. The number of hydrogen-bond acceptors (Lipinski definition) is 3. The van der Waals surface area contributed by atoms with Crippen LogP contribution in [0.5, 0.6) is 11.5 Å². The monoisotopic (exact) mass is 380 g/mol. The highest BCUT2D eigenvalue weighted by molar-refractivity contribution is 6.06. The Bertz CT molecular complexity index is 735. The van der Waals surface area contributed by atoms with Crippen molar-refractivity contribution >= 4 is 5.78 Å². The van der Waals surface area contributed by atoms with E-state index in [1.807, 2.05) is 6.08 Å². The molecule has 0 spiro atoms. The summed E-state index contributed by atoms with van der Waals surface area (Å²) in [7, 11) is 3.16. The molecule has 0 unspecified atom stereocenters. The highest BCUT2D eigenvalue weighted by Crippen LogP contribution is 2.24. The van der Waals surface area contributed by atoms with Gasteiger partial charge in [0.2, 0.25) is 0 Å². The lowest BCUT2D eigenvalue weighted by Gasteiger charge is -2.07. The van der Waals surface area contributed by atoms with Gasteiger partial charge in [0.15, 0.2) is 5.78 Å². The molecule has 0 saturated carbocycles. The highest BCUT2D eigenvalue weighted by Gasteiger charge is 2.10. The Balaban J connectivity index is 1.59. The van der Waals surface area contributed by atoms with E-state index < -0.39 is 0 Å². The fraction of sp³-hybridized carbons (Fsp3) is 0.400. The maximum Gasteiger partial charge on any atom is 0.189 e. The molecule has 0 aromatic heterocycles. The molecule has 0 N–H and O–H groups in total. The van der Waals surface area contributed by atoms with E-state index >= 15 is 0 Å². The summed E-state index contributed by atoms with van der Waals surface area (Å²) >= 11 is 0. The average molecular weight is 381 g/mol. The van der Waals surface area contributed by atoms with Crippen LogP contribution in [0.3, 0.4) is 0 Å². The number of aryl methyl sites for hydroxylation is 1. The van der Waals surface area contributed by atoms with Crippen LogP contribution in [0.2, 0.25) is 0 Å². The first-order valence-electron chi connectivity index (χ1n) is 10.2. The first kappa shape index (κ1) is 21.7.